The largest absolute Gasteiger partial charge is 0.343 e. The lowest BCUT2D eigenvalue weighted by molar-refractivity contribution is 0.926. The highest BCUT2D eigenvalue weighted by Crippen LogP contribution is 2.25. The van der Waals surface area contributed by atoms with Gasteiger partial charge in [-0.25, -0.2) is 4.98 Å². The van der Waals surface area contributed by atoms with Crippen molar-refractivity contribution >= 4 is 23.1 Å². The van der Waals surface area contributed by atoms with E-state index in [9.17, 15) is 0 Å². The average molecular weight is 295 g/mol. The lowest BCUT2D eigenvalue weighted by Gasteiger charge is -2.10. The van der Waals surface area contributed by atoms with Crippen LogP contribution in [-0.4, -0.2) is 15.0 Å². The first-order valence-electron chi connectivity index (χ1n) is 7.06. The molecule has 21 heavy (non-hydrogen) atoms. The molecule has 0 amide bonds. The number of fused-ring (bicyclic) bond motifs is 1. The lowest BCUT2D eigenvalue weighted by atomic mass is 10.0. The summed E-state index contributed by atoms with van der Waals surface area (Å²) in [5, 5.41) is 1.13. The molecule has 2 heterocycles. The van der Waals surface area contributed by atoms with E-state index in [-0.39, 0.29) is 0 Å². The number of benzene rings is 1. The van der Waals surface area contributed by atoms with Crippen LogP contribution >= 0.6 is 12.2 Å². The molecule has 3 rings (SSSR count). The van der Waals surface area contributed by atoms with Crippen molar-refractivity contribution in [3.05, 3.63) is 52.1 Å². The van der Waals surface area contributed by atoms with Gasteiger partial charge in [-0.05, 0) is 37.6 Å². The van der Waals surface area contributed by atoms with Crippen LogP contribution in [0.5, 0.6) is 0 Å². The molecule has 3 nitrogen and oxygen atoms in total. The average Bonchev–Trinajstić information content (AvgIpc) is 2.49. The Morgan fingerprint density at radius 1 is 1.10 bits per heavy atom. The van der Waals surface area contributed by atoms with Gasteiger partial charge in [0, 0.05) is 23.1 Å². The summed E-state index contributed by atoms with van der Waals surface area (Å²) in [5.74, 6) is 0.919. The quantitative estimate of drug-likeness (QED) is 0.706. The van der Waals surface area contributed by atoms with Crippen LogP contribution < -0.4 is 0 Å². The fourth-order valence-electron chi connectivity index (χ4n) is 2.42. The van der Waals surface area contributed by atoms with E-state index in [4.69, 9.17) is 12.2 Å². The Hall–Kier alpha value is -2.07. The van der Waals surface area contributed by atoms with Crippen LogP contribution in [0.1, 0.15) is 24.0 Å². The van der Waals surface area contributed by atoms with E-state index < -0.39 is 0 Å². The number of aromatic nitrogens is 3. The molecule has 0 radical (unpaired) electrons. The maximum Gasteiger partial charge on any atom is 0.133 e. The number of aromatic amines is 1. The second-order valence-corrected chi connectivity index (χ2v) is 5.59. The van der Waals surface area contributed by atoms with E-state index in [2.05, 4.69) is 46.1 Å². The number of hydrogen-bond donors (Lipinski definition) is 1. The van der Waals surface area contributed by atoms with Crippen molar-refractivity contribution in [3.8, 4) is 11.3 Å². The number of nitrogens with one attached hydrogen (secondary N) is 1. The Morgan fingerprint density at radius 2 is 1.90 bits per heavy atom. The van der Waals surface area contributed by atoms with Gasteiger partial charge in [0.1, 0.15) is 10.5 Å². The van der Waals surface area contributed by atoms with E-state index >= 15 is 0 Å². The van der Waals surface area contributed by atoms with Crippen LogP contribution in [0, 0.1) is 18.5 Å². The van der Waals surface area contributed by atoms with E-state index in [0.29, 0.717) is 4.64 Å². The molecule has 1 N–H and O–H groups in total. The maximum atomic E-state index is 5.36. The predicted molar refractivity (Wildman–Crippen MR) is 89.0 cm³/mol. The summed E-state index contributed by atoms with van der Waals surface area (Å²) in [4.78, 5) is 12.3. The molecule has 0 fully saturated rings. The van der Waals surface area contributed by atoms with E-state index in [1.54, 1.807) is 0 Å². The molecule has 0 saturated heterocycles. The van der Waals surface area contributed by atoms with Gasteiger partial charge in [-0.1, -0.05) is 31.3 Å². The van der Waals surface area contributed by atoms with Gasteiger partial charge in [-0.15, -0.1) is 0 Å². The molecule has 0 saturated carbocycles. The Balaban J connectivity index is 2.23. The van der Waals surface area contributed by atoms with Crippen LogP contribution in [0.4, 0.5) is 0 Å². The van der Waals surface area contributed by atoms with Gasteiger partial charge in [0.2, 0.25) is 0 Å². The molecule has 0 atom stereocenters. The van der Waals surface area contributed by atoms with Crippen LogP contribution in [0.2, 0.25) is 0 Å². The van der Waals surface area contributed by atoms with E-state index in [1.807, 2.05) is 19.9 Å². The number of pyridine rings is 1. The van der Waals surface area contributed by atoms with Crippen molar-refractivity contribution in [2.45, 2.75) is 27.2 Å². The molecular weight excluding hydrogens is 278 g/mol. The van der Waals surface area contributed by atoms with Crippen molar-refractivity contribution < 1.29 is 0 Å². The summed E-state index contributed by atoms with van der Waals surface area (Å²) in [6, 6.07) is 10.4. The summed E-state index contributed by atoms with van der Waals surface area (Å²) < 4.78 is 0.669. The van der Waals surface area contributed by atoms with Gasteiger partial charge < -0.3 is 4.98 Å². The zero-order valence-electron chi connectivity index (χ0n) is 12.4. The van der Waals surface area contributed by atoms with Crippen LogP contribution in [0.25, 0.3) is 22.2 Å². The fourth-order valence-corrected chi connectivity index (χ4v) is 2.63. The van der Waals surface area contributed by atoms with Crippen molar-refractivity contribution in [1.29, 1.82) is 0 Å². The van der Waals surface area contributed by atoms with Gasteiger partial charge in [0.15, 0.2) is 0 Å². The summed E-state index contributed by atoms with van der Waals surface area (Å²) in [6.07, 6.45) is 0.839. The standard InChI is InChI=1S/C17H17N3S/c1-4-15-19-16(11(3)17(21)20-15)13-7-8-14-12(9-13)6-5-10(2)18-14/h5-9H,4H2,1-3H3,(H,19,20,21). The van der Waals surface area contributed by atoms with E-state index in [0.717, 1.165) is 45.7 Å². The highest BCUT2D eigenvalue weighted by atomic mass is 32.1. The van der Waals surface area contributed by atoms with Crippen LogP contribution in [-0.2, 0) is 6.42 Å². The molecule has 3 aromatic rings. The normalized spacial score (nSPS) is 11.0. The minimum atomic E-state index is 0.669. The van der Waals surface area contributed by atoms with Crippen LogP contribution in [0.15, 0.2) is 30.3 Å². The molecule has 0 bridgehead atoms. The number of aryl methyl sites for hydroxylation is 2. The SMILES string of the molecule is CCc1nc(=S)c(C)c(-c2ccc3nc(C)ccc3c2)[nH]1. The number of hydrogen-bond acceptors (Lipinski definition) is 3. The lowest BCUT2D eigenvalue weighted by Crippen LogP contribution is -1.99. The molecule has 0 unspecified atom stereocenters. The predicted octanol–water partition coefficient (Wildman–Crippen LogP) is 4.53. The number of rotatable bonds is 2. The molecule has 2 aromatic heterocycles. The summed E-state index contributed by atoms with van der Waals surface area (Å²) in [7, 11) is 0. The third-order valence-electron chi connectivity index (χ3n) is 3.65. The fraction of sp³-hybridized carbons (Fsp3) is 0.235. The second-order valence-electron chi connectivity index (χ2n) is 5.20. The summed E-state index contributed by atoms with van der Waals surface area (Å²) >= 11 is 5.36. The first-order valence-corrected chi connectivity index (χ1v) is 7.47. The third kappa shape index (κ3) is 2.59. The maximum absolute atomic E-state index is 5.36. The van der Waals surface area contributed by atoms with Gasteiger partial charge in [0.25, 0.3) is 0 Å². The summed E-state index contributed by atoms with van der Waals surface area (Å²) in [6.45, 7) is 6.09. The van der Waals surface area contributed by atoms with Crippen molar-refractivity contribution in [2.75, 3.05) is 0 Å². The highest BCUT2D eigenvalue weighted by Gasteiger charge is 2.08. The molecule has 106 valence electrons. The Kier molecular flexibility index (Phi) is 3.55. The number of H-pyrrole nitrogens is 1. The van der Waals surface area contributed by atoms with Crippen molar-refractivity contribution in [2.24, 2.45) is 0 Å². The Morgan fingerprint density at radius 3 is 2.67 bits per heavy atom. The van der Waals surface area contributed by atoms with E-state index in [1.165, 1.54) is 0 Å². The molecule has 0 aliphatic rings. The monoisotopic (exact) mass is 295 g/mol. The zero-order valence-corrected chi connectivity index (χ0v) is 13.2. The smallest absolute Gasteiger partial charge is 0.133 e. The molecule has 1 aromatic carbocycles. The minimum absolute atomic E-state index is 0.669. The van der Waals surface area contributed by atoms with Crippen molar-refractivity contribution in [1.82, 2.24) is 15.0 Å². The van der Waals surface area contributed by atoms with Crippen LogP contribution in [0.3, 0.4) is 0 Å². The Bertz CT molecular complexity index is 881. The third-order valence-corrected chi connectivity index (χ3v) is 4.05. The van der Waals surface area contributed by atoms with Gasteiger partial charge in [0.05, 0.1) is 11.2 Å². The van der Waals surface area contributed by atoms with Gasteiger partial charge in [-0.3, -0.25) is 4.98 Å². The van der Waals surface area contributed by atoms with Gasteiger partial charge >= 0.3 is 0 Å². The first kappa shape index (κ1) is 13.9. The molecule has 0 aliphatic heterocycles. The molecule has 0 spiro atoms. The first-order chi connectivity index (χ1) is 10.1. The van der Waals surface area contributed by atoms with Crippen molar-refractivity contribution in [3.63, 3.8) is 0 Å². The minimum Gasteiger partial charge on any atom is -0.343 e. The van der Waals surface area contributed by atoms with Gasteiger partial charge in [-0.2, -0.15) is 0 Å². The topological polar surface area (TPSA) is 41.6 Å². The molecular formula is C17H17N3S. The molecule has 4 heteroatoms. The molecule has 0 aliphatic carbocycles. The number of nitrogens with zero attached hydrogens (tertiary/aromatic N) is 2. The summed E-state index contributed by atoms with van der Waals surface area (Å²) in [5.41, 5.74) is 5.23. The zero-order chi connectivity index (χ0) is 15.0. The Labute approximate surface area is 129 Å². The highest BCUT2D eigenvalue weighted by molar-refractivity contribution is 7.71. The second kappa shape index (κ2) is 5.37.